The van der Waals surface area contributed by atoms with Gasteiger partial charge in [0.1, 0.15) is 23.7 Å². The molecule has 2 aromatic rings. The first-order valence-electron chi connectivity index (χ1n) is 11.6. The number of hydrogen-bond acceptors (Lipinski definition) is 5. The first-order valence-corrected chi connectivity index (χ1v) is 12.4. The molecule has 2 aliphatic rings. The van der Waals surface area contributed by atoms with Crippen molar-refractivity contribution < 1.29 is 19.1 Å². The lowest BCUT2D eigenvalue weighted by atomic mass is 10.0. The predicted molar refractivity (Wildman–Crippen MR) is 138 cm³/mol. The van der Waals surface area contributed by atoms with Gasteiger partial charge in [-0.2, -0.15) is 0 Å². The molecule has 0 radical (unpaired) electrons. The van der Waals surface area contributed by atoms with E-state index in [1.54, 1.807) is 30.3 Å². The Morgan fingerprint density at radius 2 is 1.91 bits per heavy atom. The zero-order chi connectivity index (χ0) is 24.9. The smallest absolute Gasteiger partial charge is 0.251 e. The molecule has 1 fully saturated rings. The Balaban J connectivity index is 1.20. The number of hydrogen-bond donors (Lipinski definition) is 1. The summed E-state index contributed by atoms with van der Waals surface area (Å²) in [6.07, 6.45) is 5.78. The Morgan fingerprint density at radius 3 is 2.63 bits per heavy atom. The van der Waals surface area contributed by atoms with E-state index in [0.717, 1.165) is 38.0 Å². The third-order valence-corrected chi connectivity index (χ3v) is 6.80. The number of rotatable bonds is 7. The number of fused-ring (bicyclic) bond motifs is 1. The van der Waals surface area contributed by atoms with Crippen LogP contribution in [-0.4, -0.2) is 48.9 Å². The fourth-order valence-corrected chi connectivity index (χ4v) is 4.43. The first-order chi connectivity index (χ1) is 16.8. The summed E-state index contributed by atoms with van der Waals surface area (Å²) < 4.78 is 11.5. The zero-order valence-corrected chi connectivity index (χ0v) is 21.3. The van der Waals surface area contributed by atoms with Crippen molar-refractivity contribution in [2.45, 2.75) is 32.7 Å². The van der Waals surface area contributed by atoms with Crippen LogP contribution >= 0.6 is 23.2 Å². The summed E-state index contributed by atoms with van der Waals surface area (Å²) >= 11 is 11.9. The molecule has 184 valence electrons. The second-order valence-corrected chi connectivity index (χ2v) is 9.66. The molecule has 2 aliphatic heterocycles. The molecular weight excluding hydrogens is 487 g/mol. The number of Topliss-reactive ketones (excluding diaryl/α,β-unsaturated/α-hetero) is 1. The van der Waals surface area contributed by atoms with Gasteiger partial charge in [0.2, 0.25) is 5.78 Å². The van der Waals surface area contributed by atoms with Crippen molar-refractivity contribution in [1.29, 1.82) is 0 Å². The number of carbonyl (C=O) groups excluding carboxylic acids is 2. The van der Waals surface area contributed by atoms with Crippen LogP contribution in [0.25, 0.3) is 0 Å². The van der Waals surface area contributed by atoms with Crippen molar-refractivity contribution in [3.05, 3.63) is 81.1 Å². The average molecular weight is 515 g/mol. The molecule has 0 aliphatic carbocycles. The van der Waals surface area contributed by atoms with Crippen LogP contribution in [0.15, 0.2) is 59.9 Å². The number of likely N-dealkylation sites (tertiary alicyclic amines) is 1. The summed E-state index contributed by atoms with van der Waals surface area (Å²) in [5.74, 6) is 1.19. The van der Waals surface area contributed by atoms with Gasteiger partial charge >= 0.3 is 0 Å². The number of halogens is 2. The van der Waals surface area contributed by atoms with E-state index in [1.165, 1.54) is 0 Å². The SMILES string of the molecule is CC(C)=C1Oc2cccc(OC/C=C/CN3CCC(NC(=O)c4ccc(Cl)c(Cl)c4)CC3)c2C1=O. The lowest BCUT2D eigenvalue weighted by molar-refractivity contribution is 0.0913. The second-order valence-electron chi connectivity index (χ2n) is 8.85. The minimum Gasteiger partial charge on any atom is -0.489 e. The molecule has 1 N–H and O–H groups in total. The number of piperidine rings is 1. The van der Waals surface area contributed by atoms with Crippen LogP contribution in [0.3, 0.4) is 0 Å². The van der Waals surface area contributed by atoms with Gasteiger partial charge in [0.15, 0.2) is 5.76 Å². The largest absolute Gasteiger partial charge is 0.489 e. The summed E-state index contributed by atoms with van der Waals surface area (Å²) in [4.78, 5) is 27.4. The molecule has 0 bridgehead atoms. The molecule has 1 amide bonds. The summed E-state index contributed by atoms with van der Waals surface area (Å²) in [7, 11) is 0. The average Bonchev–Trinajstić information content (AvgIpc) is 3.19. The van der Waals surface area contributed by atoms with E-state index >= 15 is 0 Å². The Kier molecular flexibility index (Phi) is 8.16. The van der Waals surface area contributed by atoms with Gasteiger partial charge in [0, 0.05) is 31.2 Å². The van der Waals surface area contributed by atoms with E-state index in [-0.39, 0.29) is 17.7 Å². The Labute approximate surface area is 215 Å². The maximum absolute atomic E-state index is 12.6. The van der Waals surface area contributed by atoms with Crippen LogP contribution in [0.1, 0.15) is 47.4 Å². The van der Waals surface area contributed by atoms with Gasteiger partial charge in [-0.25, -0.2) is 0 Å². The molecule has 4 rings (SSSR count). The zero-order valence-electron chi connectivity index (χ0n) is 19.8. The summed E-state index contributed by atoms with van der Waals surface area (Å²) in [5, 5.41) is 3.89. The monoisotopic (exact) mass is 514 g/mol. The van der Waals surface area contributed by atoms with Gasteiger partial charge < -0.3 is 14.8 Å². The number of carbonyl (C=O) groups is 2. The van der Waals surface area contributed by atoms with Crippen LogP contribution in [0.4, 0.5) is 0 Å². The highest BCUT2D eigenvalue weighted by Crippen LogP contribution is 2.38. The fraction of sp³-hybridized carbons (Fsp3) is 0.333. The van der Waals surface area contributed by atoms with Crippen LogP contribution < -0.4 is 14.8 Å². The van der Waals surface area contributed by atoms with Crippen molar-refractivity contribution in [3.8, 4) is 11.5 Å². The predicted octanol–water partition coefficient (Wildman–Crippen LogP) is 5.69. The normalized spacial score (nSPS) is 16.3. The highest BCUT2D eigenvalue weighted by molar-refractivity contribution is 6.42. The van der Waals surface area contributed by atoms with E-state index < -0.39 is 0 Å². The third kappa shape index (κ3) is 6.07. The minimum absolute atomic E-state index is 0.131. The standard InChI is InChI=1S/C27H28Cl2N2O4/c1-17(2)26-25(32)24-22(6-5-7-23(24)35-26)34-15-4-3-12-31-13-10-19(11-14-31)30-27(33)18-8-9-20(28)21(29)16-18/h3-9,16,19H,10-15H2,1-2H3,(H,30,33)/b4-3+. The fourth-order valence-electron chi connectivity index (χ4n) is 4.13. The lowest BCUT2D eigenvalue weighted by Crippen LogP contribution is -2.44. The van der Waals surface area contributed by atoms with Crippen LogP contribution in [0, 0.1) is 0 Å². The van der Waals surface area contributed by atoms with Gasteiger partial charge in [-0.15, -0.1) is 0 Å². The van der Waals surface area contributed by atoms with Gasteiger partial charge in [-0.05, 0) is 62.6 Å². The number of ketones is 1. The number of nitrogens with zero attached hydrogens (tertiary/aromatic N) is 1. The summed E-state index contributed by atoms with van der Waals surface area (Å²) in [6.45, 7) is 6.66. The van der Waals surface area contributed by atoms with Crippen LogP contribution in [0.5, 0.6) is 11.5 Å². The molecule has 2 heterocycles. The number of benzene rings is 2. The molecule has 35 heavy (non-hydrogen) atoms. The van der Waals surface area contributed by atoms with E-state index in [1.807, 2.05) is 26.0 Å². The molecule has 2 aromatic carbocycles. The minimum atomic E-state index is -0.132. The molecule has 6 nitrogen and oxygen atoms in total. The molecule has 0 aromatic heterocycles. The highest BCUT2D eigenvalue weighted by atomic mass is 35.5. The van der Waals surface area contributed by atoms with E-state index in [4.69, 9.17) is 32.7 Å². The van der Waals surface area contributed by atoms with Crippen molar-refractivity contribution in [1.82, 2.24) is 10.2 Å². The van der Waals surface area contributed by atoms with E-state index in [9.17, 15) is 9.59 Å². The molecule has 8 heteroatoms. The van der Waals surface area contributed by atoms with Gasteiger partial charge in [-0.1, -0.05) is 41.4 Å². The Bertz CT molecular complexity index is 1180. The maximum atomic E-state index is 12.6. The van der Waals surface area contributed by atoms with Crippen molar-refractivity contribution in [2.24, 2.45) is 0 Å². The molecule has 1 saturated heterocycles. The number of ether oxygens (including phenoxy) is 2. The van der Waals surface area contributed by atoms with E-state index in [2.05, 4.69) is 16.3 Å². The molecule has 0 unspecified atom stereocenters. The van der Waals surface area contributed by atoms with Crippen molar-refractivity contribution in [3.63, 3.8) is 0 Å². The second kappa shape index (κ2) is 11.3. The highest BCUT2D eigenvalue weighted by Gasteiger charge is 2.31. The maximum Gasteiger partial charge on any atom is 0.251 e. The van der Waals surface area contributed by atoms with E-state index in [0.29, 0.717) is 45.0 Å². The summed E-state index contributed by atoms with van der Waals surface area (Å²) in [5.41, 5.74) is 1.84. The molecule has 0 spiro atoms. The first kappa shape index (κ1) is 25.3. The molecule has 0 saturated carbocycles. The lowest BCUT2D eigenvalue weighted by Gasteiger charge is -2.31. The molecular formula is C27H28Cl2N2O4. The number of nitrogens with one attached hydrogen (secondary N) is 1. The van der Waals surface area contributed by atoms with Gasteiger partial charge in [0.05, 0.1) is 10.0 Å². The van der Waals surface area contributed by atoms with Crippen molar-refractivity contribution in [2.75, 3.05) is 26.2 Å². The quantitative estimate of drug-likeness (QED) is 0.379. The topological polar surface area (TPSA) is 67.9 Å². The van der Waals surface area contributed by atoms with Crippen LogP contribution in [-0.2, 0) is 0 Å². The van der Waals surface area contributed by atoms with Crippen LogP contribution in [0.2, 0.25) is 10.0 Å². The van der Waals surface area contributed by atoms with Gasteiger partial charge in [-0.3, -0.25) is 14.5 Å². The Hall–Kier alpha value is -2.80. The molecule has 0 atom stereocenters. The summed E-state index contributed by atoms with van der Waals surface area (Å²) in [6, 6.07) is 10.4. The Morgan fingerprint density at radius 1 is 1.14 bits per heavy atom. The van der Waals surface area contributed by atoms with Crippen molar-refractivity contribution >= 4 is 34.9 Å². The number of allylic oxidation sites excluding steroid dienone is 2. The van der Waals surface area contributed by atoms with Gasteiger partial charge in [0.25, 0.3) is 5.91 Å². The third-order valence-electron chi connectivity index (χ3n) is 6.06. The number of amides is 1.